The van der Waals surface area contributed by atoms with Gasteiger partial charge in [-0.15, -0.1) is 0 Å². The van der Waals surface area contributed by atoms with Gasteiger partial charge in [0, 0.05) is 11.8 Å². The van der Waals surface area contributed by atoms with Crippen molar-refractivity contribution in [1.29, 1.82) is 5.26 Å². The Morgan fingerprint density at radius 1 is 1.03 bits per heavy atom. The van der Waals surface area contributed by atoms with Gasteiger partial charge in [0.1, 0.15) is 29.7 Å². The fraction of sp³-hybridized carbons (Fsp3) is 0.120. The predicted molar refractivity (Wildman–Crippen MR) is 115 cm³/mol. The van der Waals surface area contributed by atoms with Gasteiger partial charge in [0.25, 0.3) is 0 Å². The van der Waals surface area contributed by atoms with Crippen LogP contribution in [0.4, 0.5) is 5.88 Å². The monoisotopic (exact) mass is 380 g/mol. The topological polar surface area (TPSA) is 58.5 Å². The van der Waals surface area contributed by atoms with Crippen LogP contribution in [0, 0.1) is 25.2 Å². The minimum atomic E-state index is 0.338. The highest BCUT2D eigenvalue weighted by Gasteiger charge is 2.12. The first-order valence-electron chi connectivity index (χ1n) is 9.39. The van der Waals surface area contributed by atoms with Crippen LogP contribution < -0.4 is 4.74 Å². The van der Waals surface area contributed by atoms with Crippen LogP contribution in [0.3, 0.4) is 0 Å². The van der Waals surface area contributed by atoms with E-state index in [0.29, 0.717) is 23.8 Å². The van der Waals surface area contributed by atoms with E-state index in [4.69, 9.17) is 9.15 Å². The lowest BCUT2D eigenvalue weighted by molar-refractivity contribution is 0.307. The highest BCUT2D eigenvalue weighted by molar-refractivity contribution is 5.85. The zero-order valence-corrected chi connectivity index (χ0v) is 16.3. The Bertz CT molecular complexity index is 1240. The van der Waals surface area contributed by atoms with Crippen molar-refractivity contribution >= 4 is 22.9 Å². The first-order chi connectivity index (χ1) is 14.2. The predicted octanol–water partition coefficient (Wildman–Crippen LogP) is 6.25. The van der Waals surface area contributed by atoms with Gasteiger partial charge in [-0.1, -0.05) is 54.6 Å². The van der Waals surface area contributed by atoms with E-state index in [-0.39, 0.29) is 0 Å². The molecule has 0 aliphatic rings. The Labute approximate surface area is 169 Å². The van der Waals surface area contributed by atoms with Crippen molar-refractivity contribution in [2.24, 2.45) is 4.99 Å². The van der Waals surface area contributed by atoms with E-state index in [1.165, 1.54) is 10.8 Å². The molecule has 1 aromatic heterocycles. The van der Waals surface area contributed by atoms with Crippen molar-refractivity contribution in [3.05, 3.63) is 94.7 Å². The van der Waals surface area contributed by atoms with Gasteiger partial charge in [-0.3, -0.25) is 0 Å². The standard InChI is InChI=1S/C25H20N2O2/c1-17-18(2)29-25(24(17)14-26)27-15-19-7-5-11-22(13-19)28-16-21-10-6-9-20-8-3-4-12-23(20)21/h3-13,15H,16H2,1-2H3. The number of rotatable bonds is 5. The molecule has 0 unspecified atom stereocenters. The van der Waals surface area contributed by atoms with Crippen molar-refractivity contribution in [3.63, 3.8) is 0 Å². The first-order valence-corrected chi connectivity index (χ1v) is 9.39. The summed E-state index contributed by atoms with van der Waals surface area (Å²) in [5.41, 5.74) is 3.31. The fourth-order valence-corrected chi connectivity index (χ4v) is 3.23. The molecule has 1 heterocycles. The summed E-state index contributed by atoms with van der Waals surface area (Å²) in [6.07, 6.45) is 1.68. The maximum Gasteiger partial charge on any atom is 0.237 e. The van der Waals surface area contributed by atoms with Crippen molar-refractivity contribution < 1.29 is 9.15 Å². The van der Waals surface area contributed by atoms with Gasteiger partial charge < -0.3 is 9.15 Å². The van der Waals surface area contributed by atoms with Gasteiger partial charge in [-0.25, -0.2) is 4.99 Å². The maximum absolute atomic E-state index is 9.30. The number of furan rings is 1. The summed E-state index contributed by atoms with van der Waals surface area (Å²) in [5, 5.41) is 11.7. The van der Waals surface area contributed by atoms with Crippen LogP contribution in [0.2, 0.25) is 0 Å². The summed E-state index contributed by atoms with van der Waals surface area (Å²) >= 11 is 0. The van der Waals surface area contributed by atoms with Crippen molar-refractivity contribution in [1.82, 2.24) is 0 Å². The largest absolute Gasteiger partial charge is 0.489 e. The van der Waals surface area contributed by atoms with Gasteiger partial charge in [-0.05, 0) is 47.9 Å². The molecule has 0 radical (unpaired) electrons. The van der Waals surface area contributed by atoms with Crippen LogP contribution in [0.1, 0.15) is 28.0 Å². The number of fused-ring (bicyclic) bond motifs is 1. The molecule has 142 valence electrons. The van der Waals surface area contributed by atoms with Gasteiger partial charge in [0.2, 0.25) is 5.88 Å². The summed E-state index contributed by atoms with van der Waals surface area (Å²) in [6.45, 7) is 4.17. The smallest absolute Gasteiger partial charge is 0.237 e. The molecule has 0 N–H and O–H groups in total. The van der Waals surface area contributed by atoms with Crippen LogP contribution >= 0.6 is 0 Å². The molecular formula is C25H20N2O2. The molecule has 0 atom stereocenters. The molecule has 0 saturated heterocycles. The van der Waals surface area contributed by atoms with E-state index >= 15 is 0 Å². The lowest BCUT2D eigenvalue weighted by Crippen LogP contribution is -1.97. The minimum absolute atomic E-state index is 0.338. The van der Waals surface area contributed by atoms with E-state index in [0.717, 1.165) is 22.4 Å². The number of benzene rings is 3. The zero-order valence-electron chi connectivity index (χ0n) is 16.3. The molecule has 0 spiro atoms. The Kier molecular flexibility index (Phi) is 5.13. The van der Waals surface area contributed by atoms with Crippen LogP contribution in [-0.2, 0) is 6.61 Å². The molecule has 0 aliphatic carbocycles. The molecular weight excluding hydrogens is 360 g/mol. The minimum Gasteiger partial charge on any atom is -0.489 e. The highest BCUT2D eigenvalue weighted by atomic mass is 16.5. The fourth-order valence-electron chi connectivity index (χ4n) is 3.23. The number of ether oxygens (including phenoxy) is 1. The first kappa shape index (κ1) is 18.5. The van der Waals surface area contributed by atoms with Gasteiger partial charge in [0.15, 0.2) is 0 Å². The van der Waals surface area contributed by atoms with Gasteiger partial charge in [0.05, 0.1) is 0 Å². The summed E-state index contributed by atoms with van der Waals surface area (Å²) < 4.78 is 11.6. The summed E-state index contributed by atoms with van der Waals surface area (Å²) in [4.78, 5) is 4.36. The lowest BCUT2D eigenvalue weighted by atomic mass is 10.1. The molecule has 4 rings (SSSR count). The molecule has 4 aromatic rings. The maximum atomic E-state index is 9.30. The molecule has 29 heavy (non-hydrogen) atoms. The third-order valence-electron chi connectivity index (χ3n) is 4.94. The van der Waals surface area contributed by atoms with E-state index in [2.05, 4.69) is 35.3 Å². The zero-order chi connectivity index (χ0) is 20.2. The van der Waals surface area contributed by atoms with E-state index < -0.39 is 0 Å². The van der Waals surface area contributed by atoms with Crippen molar-refractivity contribution in [3.8, 4) is 11.8 Å². The average Bonchev–Trinajstić information content (AvgIpc) is 3.03. The van der Waals surface area contributed by atoms with Crippen LogP contribution in [0.25, 0.3) is 10.8 Å². The van der Waals surface area contributed by atoms with Gasteiger partial charge in [-0.2, -0.15) is 5.26 Å². The number of hydrogen-bond donors (Lipinski definition) is 0. The van der Waals surface area contributed by atoms with Crippen molar-refractivity contribution in [2.75, 3.05) is 0 Å². The lowest BCUT2D eigenvalue weighted by Gasteiger charge is -2.09. The van der Waals surface area contributed by atoms with E-state index in [1.807, 2.05) is 56.3 Å². The number of hydrogen-bond acceptors (Lipinski definition) is 4. The number of aliphatic imine (C=N–C) groups is 1. The molecule has 0 bridgehead atoms. The molecule has 3 aromatic carbocycles. The molecule has 0 amide bonds. The highest BCUT2D eigenvalue weighted by Crippen LogP contribution is 2.28. The molecule has 0 fully saturated rings. The SMILES string of the molecule is Cc1oc(N=Cc2cccc(OCc3cccc4ccccc34)c2)c(C#N)c1C. The Balaban J connectivity index is 1.52. The number of nitriles is 1. The van der Waals surface area contributed by atoms with E-state index in [1.54, 1.807) is 6.21 Å². The van der Waals surface area contributed by atoms with Crippen molar-refractivity contribution in [2.45, 2.75) is 20.5 Å². The van der Waals surface area contributed by atoms with Gasteiger partial charge >= 0.3 is 0 Å². The van der Waals surface area contributed by atoms with Crippen LogP contribution in [-0.4, -0.2) is 6.21 Å². The average molecular weight is 380 g/mol. The Hall–Kier alpha value is -3.84. The second-order valence-electron chi connectivity index (χ2n) is 6.83. The quantitative estimate of drug-likeness (QED) is 0.384. The second kappa shape index (κ2) is 8.04. The van der Waals surface area contributed by atoms with Crippen LogP contribution in [0.5, 0.6) is 5.75 Å². The third-order valence-corrected chi connectivity index (χ3v) is 4.94. The normalized spacial score (nSPS) is 11.1. The number of aryl methyl sites for hydroxylation is 1. The molecule has 0 aliphatic heterocycles. The Morgan fingerprint density at radius 3 is 2.69 bits per heavy atom. The summed E-state index contributed by atoms with van der Waals surface area (Å²) in [7, 11) is 0. The third kappa shape index (κ3) is 3.90. The van der Waals surface area contributed by atoms with E-state index in [9.17, 15) is 5.26 Å². The summed E-state index contributed by atoms with van der Waals surface area (Å²) in [6, 6.07) is 24.4. The molecule has 0 saturated carbocycles. The molecule has 4 nitrogen and oxygen atoms in total. The molecule has 4 heteroatoms. The summed E-state index contributed by atoms with van der Waals surface area (Å²) in [5.74, 6) is 1.81. The van der Waals surface area contributed by atoms with Crippen LogP contribution in [0.15, 0.2) is 76.1 Å². The Morgan fingerprint density at radius 2 is 1.83 bits per heavy atom. The second-order valence-corrected chi connectivity index (χ2v) is 6.83. The number of nitrogens with zero attached hydrogens (tertiary/aromatic N) is 2.